The van der Waals surface area contributed by atoms with Gasteiger partial charge in [-0.05, 0) is 31.2 Å². The van der Waals surface area contributed by atoms with Crippen molar-refractivity contribution in [2.24, 2.45) is 0 Å². The highest BCUT2D eigenvalue weighted by Crippen LogP contribution is 2.33. The molecule has 0 spiro atoms. The Bertz CT molecular complexity index is 743. The molecule has 0 aliphatic heterocycles. The molecule has 102 valence electrons. The van der Waals surface area contributed by atoms with Crippen LogP contribution in [0.4, 0.5) is 0 Å². The Morgan fingerprint density at radius 3 is 2.70 bits per heavy atom. The molecule has 0 aliphatic rings. The predicted molar refractivity (Wildman–Crippen MR) is 78.0 cm³/mol. The average molecular weight is 268 g/mol. The van der Waals surface area contributed by atoms with Gasteiger partial charge >= 0.3 is 0 Å². The van der Waals surface area contributed by atoms with Crippen molar-refractivity contribution in [1.29, 1.82) is 0 Å². The van der Waals surface area contributed by atoms with Gasteiger partial charge in [-0.1, -0.05) is 29.8 Å². The van der Waals surface area contributed by atoms with Gasteiger partial charge in [0.1, 0.15) is 23.2 Å². The molecule has 3 nitrogen and oxygen atoms in total. The summed E-state index contributed by atoms with van der Waals surface area (Å²) in [6.07, 6.45) is -0.834. The van der Waals surface area contributed by atoms with E-state index >= 15 is 0 Å². The van der Waals surface area contributed by atoms with Crippen LogP contribution in [-0.4, -0.2) is 12.2 Å². The highest BCUT2D eigenvalue weighted by Gasteiger charge is 2.19. The standard InChI is InChI=1S/C17H16O3/c1-11-7-8-14-12(9-11)10-16(20-14)17(18)13-5-3-4-6-15(13)19-2/h3-10,17-18H,1-2H3. The summed E-state index contributed by atoms with van der Waals surface area (Å²) >= 11 is 0. The molecule has 2 aromatic carbocycles. The van der Waals surface area contributed by atoms with Gasteiger partial charge in [-0.15, -0.1) is 0 Å². The molecule has 0 saturated carbocycles. The fraction of sp³-hybridized carbons (Fsp3) is 0.176. The molecule has 1 aromatic heterocycles. The number of furan rings is 1. The Kier molecular flexibility index (Phi) is 3.20. The number of ether oxygens (including phenoxy) is 1. The molecule has 0 bridgehead atoms. The second-order valence-electron chi connectivity index (χ2n) is 4.83. The van der Waals surface area contributed by atoms with Crippen molar-refractivity contribution < 1.29 is 14.3 Å². The number of para-hydroxylation sites is 1. The molecule has 0 amide bonds. The first-order valence-electron chi connectivity index (χ1n) is 6.50. The molecule has 0 fully saturated rings. The number of methoxy groups -OCH3 is 1. The Morgan fingerprint density at radius 2 is 1.90 bits per heavy atom. The van der Waals surface area contributed by atoms with Crippen LogP contribution in [0.3, 0.4) is 0 Å². The molecule has 0 aliphatic carbocycles. The molecule has 1 unspecified atom stereocenters. The molecule has 3 aromatic rings. The summed E-state index contributed by atoms with van der Waals surface area (Å²) < 4.78 is 11.0. The lowest BCUT2D eigenvalue weighted by Gasteiger charge is -2.12. The zero-order chi connectivity index (χ0) is 14.1. The zero-order valence-electron chi connectivity index (χ0n) is 11.5. The quantitative estimate of drug-likeness (QED) is 0.785. The first-order chi connectivity index (χ1) is 9.69. The van der Waals surface area contributed by atoms with E-state index in [-0.39, 0.29) is 0 Å². The highest BCUT2D eigenvalue weighted by molar-refractivity contribution is 5.78. The largest absolute Gasteiger partial charge is 0.496 e. The number of aliphatic hydroxyl groups excluding tert-OH is 1. The van der Waals surface area contributed by atoms with Gasteiger partial charge in [-0.3, -0.25) is 0 Å². The van der Waals surface area contributed by atoms with Crippen LogP contribution in [0, 0.1) is 6.92 Å². The maximum Gasteiger partial charge on any atom is 0.140 e. The van der Waals surface area contributed by atoms with Crippen molar-refractivity contribution in [1.82, 2.24) is 0 Å². The molecule has 3 rings (SSSR count). The van der Waals surface area contributed by atoms with Gasteiger partial charge < -0.3 is 14.3 Å². The maximum atomic E-state index is 10.5. The van der Waals surface area contributed by atoms with Crippen LogP contribution in [0.25, 0.3) is 11.0 Å². The number of benzene rings is 2. The minimum Gasteiger partial charge on any atom is -0.496 e. The van der Waals surface area contributed by atoms with Gasteiger partial charge in [-0.25, -0.2) is 0 Å². The second-order valence-corrected chi connectivity index (χ2v) is 4.83. The summed E-state index contributed by atoms with van der Waals surface area (Å²) in [7, 11) is 1.59. The number of fused-ring (bicyclic) bond motifs is 1. The van der Waals surface area contributed by atoms with Crippen LogP contribution < -0.4 is 4.74 Å². The van der Waals surface area contributed by atoms with E-state index in [0.29, 0.717) is 17.1 Å². The molecular formula is C17H16O3. The minimum atomic E-state index is -0.834. The molecule has 1 atom stereocenters. The van der Waals surface area contributed by atoms with Gasteiger partial charge in [0.15, 0.2) is 0 Å². The molecule has 1 N–H and O–H groups in total. The van der Waals surface area contributed by atoms with Gasteiger partial charge in [0.05, 0.1) is 7.11 Å². The van der Waals surface area contributed by atoms with E-state index in [1.807, 2.05) is 55.5 Å². The van der Waals surface area contributed by atoms with E-state index in [9.17, 15) is 5.11 Å². The summed E-state index contributed by atoms with van der Waals surface area (Å²) in [5, 5.41) is 11.5. The second kappa shape index (κ2) is 5.02. The summed E-state index contributed by atoms with van der Waals surface area (Å²) in [6, 6.07) is 15.2. The van der Waals surface area contributed by atoms with Crippen molar-refractivity contribution in [2.45, 2.75) is 13.0 Å². The third kappa shape index (κ3) is 2.17. The van der Waals surface area contributed by atoms with Crippen LogP contribution in [-0.2, 0) is 0 Å². The first kappa shape index (κ1) is 12.8. The summed E-state index contributed by atoms with van der Waals surface area (Å²) in [4.78, 5) is 0. The first-order valence-corrected chi connectivity index (χ1v) is 6.50. The van der Waals surface area contributed by atoms with Gasteiger partial charge in [0.25, 0.3) is 0 Å². The van der Waals surface area contributed by atoms with Crippen LogP contribution >= 0.6 is 0 Å². The summed E-state index contributed by atoms with van der Waals surface area (Å²) in [6.45, 7) is 2.03. The van der Waals surface area contributed by atoms with E-state index < -0.39 is 6.10 Å². The van der Waals surface area contributed by atoms with Crippen LogP contribution in [0.15, 0.2) is 52.9 Å². The molecular weight excluding hydrogens is 252 g/mol. The predicted octanol–water partition coefficient (Wildman–Crippen LogP) is 3.83. The monoisotopic (exact) mass is 268 g/mol. The Labute approximate surface area is 117 Å². The zero-order valence-corrected chi connectivity index (χ0v) is 11.5. The summed E-state index contributed by atoms with van der Waals surface area (Å²) in [5.74, 6) is 1.17. The number of hydrogen-bond acceptors (Lipinski definition) is 3. The van der Waals surface area contributed by atoms with E-state index in [2.05, 4.69) is 0 Å². The number of aryl methyl sites for hydroxylation is 1. The fourth-order valence-electron chi connectivity index (χ4n) is 2.36. The van der Waals surface area contributed by atoms with Gasteiger partial charge in [0, 0.05) is 10.9 Å². The van der Waals surface area contributed by atoms with E-state index in [0.717, 1.165) is 16.5 Å². The van der Waals surface area contributed by atoms with Crippen molar-refractivity contribution in [2.75, 3.05) is 7.11 Å². The van der Waals surface area contributed by atoms with E-state index in [1.54, 1.807) is 7.11 Å². The van der Waals surface area contributed by atoms with Crippen LogP contribution in [0.5, 0.6) is 5.75 Å². The molecule has 1 heterocycles. The number of hydrogen-bond donors (Lipinski definition) is 1. The van der Waals surface area contributed by atoms with Crippen LogP contribution in [0.2, 0.25) is 0 Å². The third-order valence-corrected chi connectivity index (χ3v) is 3.39. The summed E-state index contributed by atoms with van der Waals surface area (Å²) in [5.41, 5.74) is 2.64. The van der Waals surface area contributed by atoms with E-state index in [4.69, 9.17) is 9.15 Å². The maximum absolute atomic E-state index is 10.5. The smallest absolute Gasteiger partial charge is 0.140 e. The molecule has 0 radical (unpaired) electrons. The lowest BCUT2D eigenvalue weighted by atomic mass is 10.1. The topological polar surface area (TPSA) is 42.6 Å². The SMILES string of the molecule is COc1ccccc1C(O)c1cc2cc(C)ccc2o1. The molecule has 20 heavy (non-hydrogen) atoms. The Hall–Kier alpha value is -2.26. The fourth-order valence-corrected chi connectivity index (χ4v) is 2.36. The van der Waals surface area contributed by atoms with Crippen molar-refractivity contribution >= 4 is 11.0 Å². The lowest BCUT2D eigenvalue weighted by Crippen LogP contribution is -2.00. The molecule has 3 heteroatoms. The number of aliphatic hydroxyl groups is 1. The van der Waals surface area contributed by atoms with Crippen molar-refractivity contribution in [3.05, 3.63) is 65.4 Å². The molecule has 0 saturated heterocycles. The number of rotatable bonds is 3. The van der Waals surface area contributed by atoms with Crippen LogP contribution in [0.1, 0.15) is 23.0 Å². The van der Waals surface area contributed by atoms with Gasteiger partial charge in [0.2, 0.25) is 0 Å². The minimum absolute atomic E-state index is 0.523. The highest BCUT2D eigenvalue weighted by atomic mass is 16.5. The lowest BCUT2D eigenvalue weighted by molar-refractivity contribution is 0.188. The Morgan fingerprint density at radius 1 is 1.10 bits per heavy atom. The third-order valence-electron chi connectivity index (χ3n) is 3.39. The Balaban J connectivity index is 2.05. The van der Waals surface area contributed by atoms with Gasteiger partial charge in [-0.2, -0.15) is 0 Å². The van der Waals surface area contributed by atoms with E-state index in [1.165, 1.54) is 0 Å². The average Bonchev–Trinajstić information content (AvgIpc) is 2.89. The normalized spacial score (nSPS) is 12.6. The van der Waals surface area contributed by atoms with Crippen molar-refractivity contribution in [3.8, 4) is 5.75 Å². The van der Waals surface area contributed by atoms with Crippen molar-refractivity contribution in [3.63, 3.8) is 0 Å².